The molecule has 1 aromatic rings. The molecule has 1 aliphatic heterocycles. The van der Waals surface area contributed by atoms with E-state index in [0.717, 1.165) is 31.3 Å². The number of hydrogen-bond donors (Lipinski definition) is 1. The number of ether oxygens (including phenoxy) is 1. The molecule has 2 heterocycles. The Hall–Kier alpha value is -1.36. The maximum absolute atomic E-state index is 5.48. The van der Waals surface area contributed by atoms with E-state index in [2.05, 4.69) is 27.2 Å². The van der Waals surface area contributed by atoms with Crippen molar-refractivity contribution in [3.05, 3.63) is 11.9 Å². The normalized spacial score (nSPS) is 19.2. The molecular formula is C14H24N4O. The molecular weight excluding hydrogens is 240 g/mol. The van der Waals surface area contributed by atoms with E-state index in [9.17, 15) is 0 Å². The Morgan fingerprint density at radius 1 is 1.47 bits per heavy atom. The highest BCUT2D eigenvalue weighted by atomic mass is 16.5. The van der Waals surface area contributed by atoms with E-state index >= 15 is 0 Å². The second kappa shape index (κ2) is 6.70. The van der Waals surface area contributed by atoms with Crippen LogP contribution in [0.15, 0.2) is 6.07 Å². The summed E-state index contributed by atoms with van der Waals surface area (Å²) in [5.74, 6) is 3.07. The Balaban J connectivity index is 2.02. The first-order valence-corrected chi connectivity index (χ1v) is 7.09. The highest BCUT2D eigenvalue weighted by molar-refractivity contribution is 5.41. The van der Waals surface area contributed by atoms with Crippen molar-refractivity contribution in [2.75, 3.05) is 38.2 Å². The summed E-state index contributed by atoms with van der Waals surface area (Å²) in [4.78, 5) is 11.0. The first kappa shape index (κ1) is 14.1. The molecule has 0 amide bonds. The number of nitrogens with zero attached hydrogens (tertiary/aromatic N) is 3. The van der Waals surface area contributed by atoms with Gasteiger partial charge in [-0.2, -0.15) is 4.98 Å². The third-order valence-electron chi connectivity index (χ3n) is 3.42. The molecule has 0 spiro atoms. The van der Waals surface area contributed by atoms with E-state index in [-0.39, 0.29) is 0 Å². The van der Waals surface area contributed by atoms with Crippen LogP contribution in [0.5, 0.6) is 5.88 Å². The fourth-order valence-electron chi connectivity index (χ4n) is 2.50. The zero-order valence-electron chi connectivity index (χ0n) is 12.1. The molecule has 1 aromatic heterocycles. The van der Waals surface area contributed by atoms with Crippen LogP contribution in [0.2, 0.25) is 0 Å². The van der Waals surface area contributed by atoms with Gasteiger partial charge in [-0.3, -0.25) is 0 Å². The van der Waals surface area contributed by atoms with Crippen molar-refractivity contribution < 1.29 is 4.74 Å². The molecule has 106 valence electrons. The molecule has 19 heavy (non-hydrogen) atoms. The van der Waals surface area contributed by atoms with E-state index < -0.39 is 0 Å². The van der Waals surface area contributed by atoms with Gasteiger partial charge in [0, 0.05) is 19.7 Å². The minimum Gasteiger partial charge on any atom is -0.478 e. The number of aryl methyl sites for hydroxylation is 1. The third-order valence-corrected chi connectivity index (χ3v) is 3.42. The largest absolute Gasteiger partial charge is 0.478 e. The number of nitrogens with one attached hydrogen (secondary N) is 1. The quantitative estimate of drug-likeness (QED) is 0.876. The van der Waals surface area contributed by atoms with Gasteiger partial charge in [-0.25, -0.2) is 4.98 Å². The van der Waals surface area contributed by atoms with Gasteiger partial charge < -0.3 is 15.0 Å². The van der Waals surface area contributed by atoms with Crippen LogP contribution in [-0.4, -0.2) is 43.3 Å². The molecule has 0 aromatic carbocycles. The number of aromatic nitrogens is 2. The van der Waals surface area contributed by atoms with Gasteiger partial charge in [-0.15, -0.1) is 0 Å². The summed E-state index contributed by atoms with van der Waals surface area (Å²) in [5, 5.41) is 3.45. The molecule has 0 bridgehead atoms. The Morgan fingerprint density at radius 3 is 3.00 bits per heavy atom. The third kappa shape index (κ3) is 4.06. The van der Waals surface area contributed by atoms with Crippen LogP contribution >= 0.6 is 0 Å². The lowest BCUT2D eigenvalue weighted by Gasteiger charge is -2.28. The van der Waals surface area contributed by atoms with Crippen LogP contribution in [-0.2, 0) is 0 Å². The molecule has 1 aliphatic rings. The standard InChI is InChI=1S/C14H24N4O/c1-4-19-14-8-13(16-11(2)17-14)18(3)10-12-6-5-7-15-9-12/h8,12,15H,4-7,9-10H2,1-3H3. The van der Waals surface area contributed by atoms with Crippen LogP contribution in [0.25, 0.3) is 0 Å². The van der Waals surface area contributed by atoms with E-state index in [0.29, 0.717) is 18.4 Å². The number of rotatable bonds is 5. The van der Waals surface area contributed by atoms with Gasteiger partial charge in [-0.05, 0) is 45.7 Å². The van der Waals surface area contributed by atoms with E-state index in [4.69, 9.17) is 4.74 Å². The van der Waals surface area contributed by atoms with Crippen molar-refractivity contribution in [3.8, 4) is 5.88 Å². The first-order chi connectivity index (χ1) is 9.19. The minimum atomic E-state index is 0.631. The summed E-state index contributed by atoms with van der Waals surface area (Å²) in [6, 6.07) is 1.92. The van der Waals surface area contributed by atoms with Crippen molar-refractivity contribution in [1.82, 2.24) is 15.3 Å². The average molecular weight is 264 g/mol. The van der Waals surface area contributed by atoms with E-state index in [1.54, 1.807) is 0 Å². The predicted molar refractivity (Wildman–Crippen MR) is 76.8 cm³/mol. The van der Waals surface area contributed by atoms with Crippen molar-refractivity contribution in [3.63, 3.8) is 0 Å². The topological polar surface area (TPSA) is 50.3 Å². The molecule has 1 saturated heterocycles. The summed E-state index contributed by atoms with van der Waals surface area (Å²) in [6.07, 6.45) is 2.56. The van der Waals surface area contributed by atoms with Gasteiger partial charge >= 0.3 is 0 Å². The lowest BCUT2D eigenvalue weighted by molar-refractivity contribution is 0.325. The predicted octanol–water partition coefficient (Wildman–Crippen LogP) is 1.62. The van der Waals surface area contributed by atoms with Crippen LogP contribution in [0, 0.1) is 12.8 Å². The minimum absolute atomic E-state index is 0.631. The van der Waals surface area contributed by atoms with Gasteiger partial charge in [0.15, 0.2) is 0 Å². The molecule has 1 unspecified atom stereocenters. The molecule has 5 nitrogen and oxygen atoms in total. The Labute approximate surface area is 115 Å². The zero-order valence-corrected chi connectivity index (χ0v) is 12.1. The maximum Gasteiger partial charge on any atom is 0.218 e. The number of anilines is 1. The van der Waals surface area contributed by atoms with Crippen molar-refractivity contribution >= 4 is 5.82 Å². The van der Waals surface area contributed by atoms with Gasteiger partial charge in [0.1, 0.15) is 11.6 Å². The van der Waals surface area contributed by atoms with Crippen LogP contribution < -0.4 is 15.0 Å². The fourth-order valence-corrected chi connectivity index (χ4v) is 2.50. The van der Waals surface area contributed by atoms with Crippen LogP contribution in [0.3, 0.4) is 0 Å². The maximum atomic E-state index is 5.48. The fraction of sp³-hybridized carbons (Fsp3) is 0.714. The molecule has 0 radical (unpaired) electrons. The molecule has 0 saturated carbocycles. The van der Waals surface area contributed by atoms with Gasteiger partial charge in [0.05, 0.1) is 6.61 Å². The number of hydrogen-bond acceptors (Lipinski definition) is 5. The summed E-state index contributed by atoms with van der Waals surface area (Å²) < 4.78 is 5.48. The van der Waals surface area contributed by atoms with Gasteiger partial charge in [0.25, 0.3) is 0 Å². The lowest BCUT2D eigenvalue weighted by atomic mass is 9.99. The van der Waals surface area contributed by atoms with E-state index in [1.807, 2.05) is 19.9 Å². The number of piperidine rings is 1. The molecule has 1 fully saturated rings. The molecule has 0 aliphatic carbocycles. The Bertz CT molecular complexity index is 404. The van der Waals surface area contributed by atoms with Crippen LogP contribution in [0.4, 0.5) is 5.82 Å². The summed E-state index contributed by atoms with van der Waals surface area (Å²) in [6.45, 7) is 7.78. The van der Waals surface area contributed by atoms with Gasteiger partial charge in [0.2, 0.25) is 5.88 Å². The van der Waals surface area contributed by atoms with E-state index in [1.165, 1.54) is 12.8 Å². The summed E-state index contributed by atoms with van der Waals surface area (Å²) in [7, 11) is 2.09. The second-order valence-electron chi connectivity index (χ2n) is 5.14. The smallest absolute Gasteiger partial charge is 0.218 e. The molecule has 2 rings (SSSR count). The Kier molecular flexibility index (Phi) is 4.96. The highest BCUT2D eigenvalue weighted by Gasteiger charge is 2.16. The summed E-state index contributed by atoms with van der Waals surface area (Å²) >= 11 is 0. The average Bonchev–Trinajstić information content (AvgIpc) is 2.39. The van der Waals surface area contributed by atoms with Crippen LogP contribution in [0.1, 0.15) is 25.6 Å². The zero-order chi connectivity index (χ0) is 13.7. The monoisotopic (exact) mass is 264 g/mol. The Morgan fingerprint density at radius 2 is 2.32 bits per heavy atom. The highest BCUT2D eigenvalue weighted by Crippen LogP contribution is 2.19. The van der Waals surface area contributed by atoms with Crippen molar-refractivity contribution in [2.45, 2.75) is 26.7 Å². The molecule has 5 heteroatoms. The molecule has 1 atom stereocenters. The van der Waals surface area contributed by atoms with Crippen molar-refractivity contribution in [2.24, 2.45) is 5.92 Å². The first-order valence-electron chi connectivity index (χ1n) is 7.09. The summed E-state index contributed by atoms with van der Waals surface area (Å²) in [5.41, 5.74) is 0. The molecule has 1 N–H and O–H groups in total. The SMILES string of the molecule is CCOc1cc(N(C)CC2CCCNC2)nc(C)n1. The second-order valence-corrected chi connectivity index (χ2v) is 5.14. The lowest BCUT2D eigenvalue weighted by Crippen LogP contribution is -2.37. The van der Waals surface area contributed by atoms with Crippen molar-refractivity contribution in [1.29, 1.82) is 0 Å². The van der Waals surface area contributed by atoms with Gasteiger partial charge in [-0.1, -0.05) is 0 Å².